The molecule has 0 radical (unpaired) electrons. The number of aromatic nitrogens is 1. The standard InChI is InChI=1S/C10H16N2O2/c1-10(2,3)11-7-5-12(4)8(6-13)9(7)14/h5-6,11,14H,1-4H3. The second-order valence-electron chi connectivity index (χ2n) is 4.38. The molecule has 4 nitrogen and oxygen atoms in total. The number of anilines is 1. The monoisotopic (exact) mass is 196 g/mol. The summed E-state index contributed by atoms with van der Waals surface area (Å²) < 4.78 is 1.59. The van der Waals surface area contributed by atoms with E-state index in [-0.39, 0.29) is 17.0 Å². The van der Waals surface area contributed by atoms with Crippen LogP contribution in [0.3, 0.4) is 0 Å². The fourth-order valence-electron chi connectivity index (χ4n) is 1.26. The van der Waals surface area contributed by atoms with Crippen LogP contribution in [-0.2, 0) is 7.05 Å². The maximum atomic E-state index is 10.6. The lowest BCUT2D eigenvalue weighted by molar-refractivity contribution is 0.111. The highest BCUT2D eigenvalue weighted by Gasteiger charge is 2.17. The first-order valence-corrected chi connectivity index (χ1v) is 4.47. The zero-order valence-electron chi connectivity index (χ0n) is 8.96. The molecule has 0 aliphatic rings. The highest BCUT2D eigenvalue weighted by atomic mass is 16.3. The second-order valence-corrected chi connectivity index (χ2v) is 4.38. The average molecular weight is 196 g/mol. The molecule has 0 aromatic carbocycles. The van der Waals surface area contributed by atoms with E-state index >= 15 is 0 Å². The van der Waals surface area contributed by atoms with Crippen molar-refractivity contribution >= 4 is 12.0 Å². The first-order valence-electron chi connectivity index (χ1n) is 4.47. The van der Waals surface area contributed by atoms with Crippen molar-refractivity contribution in [3.8, 4) is 5.75 Å². The summed E-state index contributed by atoms with van der Waals surface area (Å²) in [5.41, 5.74) is 0.734. The van der Waals surface area contributed by atoms with Crippen LogP contribution in [-0.4, -0.2) is 21.5 Å². The summed E-state index contributed by atoms with van der Waals surface area (Å²) in [6.07, 6.45) is 2.34. The number of aromatic hydroxyl groups is 1. The quantitative estimate of drug-likeness (QED) is 0.708. The van der Waals surface area contributed by atoms with Crippen LogP contribution in [0.1, 0.15) is 31.3 Å². The van der Waals surface area contributed by atoms with E-state index in [1.165, 1.54) is 0 Å². The van der Waals surface area contributed by atoms with Crippen LogP contribution in [0.5, 0.6) is 5.75 Å². The molecule has 0 saturated heterocycles. The van der Waals surface area contributed by atoms with E-state index in [1.54, 1.807) is 17.8 Å². The summed E-state index contributed by atoms with van der Waals surface area (Å²) in [6, 6.07) is 0. The van der Waals surface area contributed by atoms with Crippen LogP contribution < -0.4 is 5.32 Å². The molecule has 78 valence electrons. The van der Waals surface area contributed by atoms with Gasteiger partial charge in [0.2, 0.25) is 0 Å². The number of hydrogen-bond acceptors (Lipinski definition) is 3. The lowest BCUT2D eigenvalue weighted by Crippen LogP contribution is -2.25. The molecule has 0 unspecified atom stereocenters. The second kappa shape index (κ2) is 3.36. The van der Waals surface area contributed by atoms with Crippen molar-refractivity contribution in [2.24, 2.45) is 7.05 Å². The zero-order chi connectivity index (χ0) is 10.9. The first kappa shape index (κ1) is 10.6. The molecule has 0 atom stereocenters. The number of nitrogens with one attached hydrogen (secondary N) is 1. The third-order valence-corrected chi connectivity index (χ3v) is 1.82. The smallest absolute Gasteiger partial charge is 0.170 e. The van der Waals surface area contributed by atoms with Crippen molar-refractivity contribution in [2.45, 2.75) is 26.3 Å². The SMILES string of the molecule is Cn1cc(NC(C)(C)C)c(O)c1C=O. The Labute approximate surface area is 83.5 Å². The van der Waals surface area contributed by atoms with E-state index in [0.29, 0.717) is 12.0 Å². The maximum absolute atomic E-state index is 10.6. The van der Waals surface area contributed by atoms with E-state index in [2.05, 4.69) is 5.32 Å². The molecule has 1 aromatic heterocycles. The van der Waals surface area contributed by atoms with E-state index < -0.39 is 0 Å². The summed E-state index contributed by atoms with van der Waals surface area (Å²) in [6.45, 7) is 5.96. The van der Waals surface area contributed by atoms with Gasteiger partial charge in [0.25, 0.3) is 0 Å². The van der Waals surface area contributed by atoms with Crippen molar-refractivity contribution in [3.05, 3.63) is 11.9 Å². The van der Waals surface area contributed by atoms with Crippen molar-refractivity contribution < 1.29 is 9.90 Å². The van der Waals surface area contributed by atoms with Crippen LogP contribution in [0.25, 0.3) is 0 Å². The van der Waals surface area contributed by atoms with Gasteiger partial charge in [-0.2, -0.15) is 0 Å². The Hall–Kier alpha value is -1.45. The third kappa shape index (κ3) is 2.07. The maximum Gasteiger partial charge on any atom is 0.170 e. The van der Waals surface area contributed by atoms with Gasteiger partial charge in [-0.1, -0.05) is 0 Å². The van der Waals surface area contributed by atoms with Gasteiger partial charge in [-0.05, 0) is 20.8 Å². The minimum absolute atomic E-state index is 0.0115. The topological polar surface area (TPSA) is 54.3 Å². The molecule has 1 aromatic rings. The fraction of sp³-hybridized carbons (Fsp3) is 0.500. The molecule has 0 spiro atoms. The Morgan fingerprint density at radius 2 is 2.07 bits per heavy atom. The van der Waals surface area contributed by atoms with Gasteiger partial charge in [-0.3, -0.25) is 4.79 Å². The van der Waals surface area contributed by atoms with E-state index in [0.717, 1.165) is 0 Å². The molecular formula is C10H16N2O2. The van der Waals surface area contributed by atoms with Gasteiger partial charge in [0.05, 0.1) is 5.69 Å². The number of nitrogens with zero attached hydrogens (tertiary/aromatic N) is 1. The number of aryl methyl sites for hydroxylation is 1. The minimum atomic E-state index is -0.140. The van der Waals surface area contributed by atoms with Crippen LogP contribution in [0.2, 0.25) is 0 Å². The Morgan fingerprint density at radius 3 is 2.43 bits per heavy atom. The summed E-state index contributed by atoms with van der Waals surface area (Å²) in [5, 5.41) is 12.8. The Bertz CT molecular complexity index is 348. The van der Waals surface area contributed by atoms with Crippen LogP contribution >= 0.6 is 0 Å². The molecule has 0 saturated carbocycles. The molecule has 14 heavy (non-hydrogen) atoms. The third-order valence-electron chi connectivity index (χ3n) is 1.82. The Morgan fingerprint density at radius 1 is 1.50 bits per heavy atom. The van der Waals surface area contributed by atoms with Gasteiger partial charge in [0.15, 0.2) is 12.0 Å². The van der Waals surface area contributed by atoms with E-state index in [4.69, 9.17) is 0 Å². The summed E-state index contributed by atoms with van der Waals surface area (Å²) >= 11 is 0. The predicted molar refractivity (Wildman–Crippen MR) is 55.8 cm³/mol. The Balaban J connectivity index is 3.06. The average Bonchev–Trinajstić information content (AvgIpc) is 2.24. The highest BCUT2D eigenvalue weighted by Crippen LogP contribution is 2.30. The number of rotatable bonds is 2. The largest absolute Gasteiger partial charge is 0.504 e. The molecule has 0 aliphatic carbocycles. The molecule has 0 aliphatic heterocycles. The molecular weight excluding hydrogens is 180 g/mol. The van der Waals surface area contributed by atoms with Crippen molar-refractivity contribution in [2.75, 3.05) is 5.32 Å². The number of carbonyl (C=O) groups is 1. The van der Waals surface area contributed by atoms with Crippen LogP contribution in [0, 0.1) is 0 Å². The van der Waals surface area contributed by atoms with Crippen molar-refractivity contribution in [3.63, 3.8) is 0 Å². The van der Waals surface area contributed by atoms with Gasteiger partial charge in [0.1, 0.15) is 5.69 Å². The molecule has 0 fully saturated rings. The Kier molecular flexibility index (Phi) is 2.55. The fourth-order valence-corrected chi connectivity index (χ4v) is 1.26. The summed E-state index contributed by atoms with van der Waals surface area (Å²) in [4.78, 5) is 10.6. The molecule has 0 bridgehead atoms. The van der Waals surface area contributed by atoms with Crippen molar-refractivity contribution in [1.82, 2.24) is 4.57 Å². The summed E-state index contributed by atoms with van der Waals surface area (Å²) in [7, 11) is 1.72. The van der Waals surface area contributed by atoms with Gasteiger partial charge in [-0.15, -0.1) is 0 Å². The van der Waals surface area contributed by atoms with Gasteiger partial charge >= 0.3 is 0 Å². The van der Waals surface area contributed by atoms with Gasteiger partial charge in [-0.25, -0.2) is 0 Å². The highest BCUT2D eigenvalue weighted by molar-refractivity contribution is 5.82. The minimum Gasteiger partial charge on any atom is -0.504 e. The summed E-state index contributed by atoms with van der Waals surface area (Å²) in [5.74, 6) is 0.0115. The lowest BCUT2D eigenvalue weighted by atomic mass is 10.1. The molecule has 0 amide bonds. The molecule has 1 rings (SSSR count). The zero-order valence-corrected chi connectivity index (χ0v) is 8.96. The van der Waals surface area contributed by atoms with Gasteiger partial charge < -0.3 is 15.0 Å². The van der Waals surface area contributed by atoms with Crippen molar-refractivity contribution in [1.29, 1.82) is 0 Å². The van der Waals surface area contributed by atoms with E-state index in [9.17, 15) is 9.90 Å². The number of hydrogen-bond donors (Lipinski definition) is 2. The molecule has 1 heterocycles. The predicted octanol–water partition coefficient (Wildman–Crippen LogP) is 1.75. The molecule has 2 N–H and O–H groups in total. The lowest BCUT2D eigenvalue weighted by Gasteiger charge is -2.21. The first-order chi connectivity index (χ1) is 6.35. The number of aldehydes is 1. The van der Waals surface area contributed by atoms with E-state index in [1.807, 2.05) is 20.8 Å². The normalized spacial score (nSPS) is 11.4. The van der Waals surface area contributed by atoms with Crippen LogP contribution in [0.4, 0.5) is 5.69 Å². The van der Waals surface area contributed by atoms with Crippen LogP contribution in [0.15, 0.2) is 6.20 Å². The molecule has 4 heteroatoms. The van der Waals surface area contributed by atoms with Gasteiger partial charge in [0, 0.05) is 18.8 Å². The number of carbonyl (C=O) groups excluding carboxylic acids is 1.